The number of rotatable bonds is 4. The normalized spacial score (nSPS) is 11.8. The zero-order valence-electron chi connectivity index (χ0n) is 13.2. The summed E-state index contributed by atoms with van der Waals surface area (Å²) >= 11 is 7.25. The fourth-order valence-electron chi connectivity index (χ4n) is 2.24. The van der Waals surface area contributed by atoms with Crippen molar-refractivity contribution in [2.45, 2.75) is 6.92 Å². The predicted molar refractivity (Wildman–Crippen MR) is 93.0 cm³/mol. The van der Waals surface area contributed by atoms with E-state index in [1.807, 2.05) is 19.1 Å². The van der Waals surface area contributed by atoms with Crippen LogP contribution < -0.4 is 0 Å². The van der Waals surface area contributed by atoms with Crippen LogP contribution in [0.5, 0.6) is 0 Å². The van der Waals surface area contributed by atoms with Crippen molar-refractivity contribution in [2.75, 3.05) is 14.2 Å². The fraction of sp³-hybridized carbons (Fsp3) is 0.188. The van der Waals surface area contributed by atoms with Crippen molar-refractivity contribution in [3.8, 4) is 11.4 Å². The first-order chi connectivity index (χ1) is 11.5. The highest BCUT2D eigenvalue weighted by Gasteiger charge is 2.22. The molecule has 0 N–H and O–H groups in total. The van der Waals surface area contributed by atoms with Gasteiger partial charge in [-0.3, -0.25) is 0 Å². The van der Waals surface area contributed by atoms with Gasteiger partial charge in [-0.25, -0.2) is 9.31 Å². The van der Waals surface area contributed by atoms with Gasteiger partial charge in [0, 0.05) is 10.6 Å². The highest BCUT2D eigenvalue weighted by Crippen LogP contribution is 2.31. The standard InChI is InChI=1S/C16H14ClN3O3S/c1-9-13(12(8-22-2)15(21)23-3)24-16-18-14(19-20(9)16)10-4-6-11(17)7-5-10/h4-8H,1-3H3/b12-8-. The van der Waals surface area contributed by atoms with Gasteiger partial charge in [0.25, 0.3) is 0 Å². The van der Waals surface area contributed by atoms with E-state index in [0.29, 0.717) is 26.3 Å². The van der Waals surface area contributed by atoms with Crippen LogP contribution in [0.15, 0.2) is 30.5 Å². The van der Waals surface area contributed by atoms with Crippen LogP contribution in [-0.4, -0.2) is 34.8 Å². The van der Waals surface area contributed by atoms with Gasteiger partial charge in [0.2, 0.25) is 4.96 Å². The highest BCUT2D eigenvalue weighted by molar-refractivity contribution is 7.18. The van der Waals surface area contributed by atoms with Gasteiger partial charge < -0.3 is 9.47 Å². The molecule has 3 aromatic rings. The van der Waals surface area contributed by atoms with E-state index in [-0.39, 0.29) is 0 Å². The lowest BCUT2D eigenvalue weighted by molar-refractivity contribution is -0.133. The number of benzene rings is 1. The molecule has 0 aliphatic heterocycles. The smallest absolute Gasteiger partial charge is 0.342 e. The largest absolute Gasteiger partial charge is 0.503 e. The molecule has 0 amide bonds. The molecule has 8 heteroatoms. The Morgan fingerprint density at radius 3 is 2.58 bits per heavy atom. The van der Waals surface area contributed by atoms with Crippen LogP contribution in [0.2, 0.25) is 5.02 Å². The lowest BCUT2D eigenvalue weighted by atomic mass is 10.2. The van der Waals surface area contributed by atoms with E-state index < -0.39 is 5.97 Å². The Bertz CT molecular complexity index is 928. The van der Waals surface area contributed by atoms with E-state index in [1.165, 1.54) is 31.8 Å². The third-order valence-electron chi connectivity index (χ3n) is 3.41. The highest BCUT2D eigenvalue weighted by atomic mass is 35.5. The average molecular weight is 364 g/mol. The maximum atomic E-state index is 11.9. The molecule has 0 saturated heterocycles. The number of carbonyl (C=O) groups is 1. The molecule has 3 rings (SSSR count). The Kier molecular flexibility index (Phi) is 4.55. The predicted octanol–water partition coefficient (Wildman–Crippen LogP) is 3.58. The van der Waals surface area contributed by atoms with Crippen LogP contribution in [0.3, 0.4) is 0 Å². The van der Waals surface area contributed by atoms with Crippen molar-refractivity contribution >= 4 is 39.4 Å². The minimum atomic E-state index is -0.470. The Morgan fingerprint density at radius 2 is 2.00 bits per heavy atom. The van der Waals surface area contributed by atoms with Crippen molar-refractivity contribution in [1.29, 1.82) is 0 Å². The average Bonchev–Trinajstić information content (AvgIpc) is 3.12. The minimum absolute atomic E-state index is 0.336. The first-order valence-corrected chi connectivity index (χ1v) is 8.18. The molecule has 24 heavy (non-hydrogen) atoms. The number of carbonyl (C=O) groups excluding carboxylic acids is 1. The Labute approximate surface area is 147 Å². The van der Waals surface area contributed by atoms with Gasteiger partial charge in [0.05, 0.1) is 31.1 Å². The van der Waals surface area contributed by atoms with Crippen LogP contribution >= 0.6 is 22.9 Å². The molecule has 0 aliphatic carbocycles. The number of aromatic nitrogens is 3. The summed E-state index contributed by atoms with van der Waals surface area (Å²) in [7, 11) is 2.81. The van der Waals surface area contributed by atoms with Crippen molar-refractivity contribution in [1.82, 2.24) is 14.6 Å². The van der Waals surface area contributed by atoms with Gasteiger partial charge >= 0.3 is 5.97 Å². The van der Waals surface area contributed by atoms with E-state index in [4.69, 9.17) is 21.1 Å². The number of fused-ring (bicyclic) bond motifs is 1. The van der Waals surface area contributed by atoms with E-state index in [2.05, 4.69) is 10.1 Å². The SMILES string of the molecule is CO/C=C(\C(=O)OC)c1sc2nc(-c3ccc(Cl)cc3)nn2c1C. The Hall–Kier alpha value is -2.38. The minimum Gasteiger partial charge on any atom is -0.503 e. The maximum Gasteiger partial charge on any atom is 0.342 e. The molecule has 0 atom stereocenters. The molecule has 0 bridgehead atoms. The van der Waals surface area contributed by atoms with Crippen LogP contribution in [0.25, 0.3) is 21.9 Å². The summed E-state index contributed by atoms with van der Waals surface area (Å²) in [5, 5.41) is 5.17. The van der Waals surface area contributed by atoms with Gasteiger partial charge in [-0.15, -0.1) is 5.10 Å². The Balaban J connectivity index is 2.07. The lowest BCUT2D eigenvalue weighted by Gasteiger charge is -2.03. The van der Waals surface area contributed by atoms with Crippen molar-refractivity contribution in [3.63, 3.8) is 0 Å². The molecule has 2 heterocycles. The van der Waals surface area contributed by atoms with E-state index in [0.717, 1.165) is 11.3 Å². The number of thiazole rings is 1. The zero-order chi connectivity index (χ0) is 17.3. The summed E-state index contributed by atoms with van der Waals surface area (Å²) in [4.78, 5) is 17.9. The van der Waals surface area contributed by atoms with E-state index in [9.17, 15) is 4.79 Å². The second-order valence-electron chi connectivity index (χ2n) is 4.91. The number of hydrogen-bond donors (Lipinski definition) is 0. The van der Waals surface area contributed by atoms with E-state index >= 15 is 0 Å². The van der Waals surface area contributed by atoms with Crippen LogP contribution in [0.4, 0.5) is 0 Å². The van der Waals surface area contributed by atoms with Gasteiger partial charge in [-0.05, 0) is 31.2 Å². The Morgan fingerprint density at radius 1 is 1.29 bits per heavy atom. The monoisotopic (exact) mass is 363 g/mol. The van der Waals surface area contributed by atoms with Crippen molar-refractivity contribution < 1.29 is 14.3 Å². The number of halogens is 1. The molecule has 0 spiro atoms. The summed E-state index contributed by atoms with van der Waals surface area (Å²) in [6.45, 7) is 1.87. The van der Waals surface area contributed by atoms with Gasteiger partial charge in [-0.2, -0.15) is 4.98 Å². The molecule has 1 aromatic carbocycles. The topological polar surface area (TPSA) is 65.7 Å². The summed E-state index contributed by atoms with van der Waals surface area (Å²) < 4.78 is 11.5. The molecular weight excluding hydrogens is 350 g/mol. The first kappa shape index (κ1) is 16.5. The number of esters is 1. The molecule has 124 valence electrons. The van der Waals surface area contributed by atoms with Gasteiger partial charge in [0.15, 0.2) is 5.82 Å². The van der Waals surface area contributed by atoms with Gasteiger partial charge in [0.1, 0.15) is 5.57 Å². The second kappa shape index (κ2) is 6.62. The summed E-state index contributed by atoms with van der Waals surface area (Å²) in [6.07, 6.45) is 1.37. The molecule has 0 unspecified atom stereocenters. The number of aryl methyl sites for hydroxylation is 1. The summed E-state index contributed by atoms with van der Waals surface area (Å²) in [5.74, 6) is 0.130. The fourth-order valence-corrected chi connectivity index (χ4v) is 3.42. The summed E-state index contributed by atoms with van der Waals surface area (Å²) in [6, 6.07) is 7.31. The third-order valence-corrected chi connectivity index (χ3v) is 4.82. The van der Waals surface area contributed by atoms with Crippen LogP contribution in [-0.2, 0) is 14.3 Å². The molecule has 0 fully saturated rings. The summed E-state index contributed by atoms with van der Waals surface area (Å²) in [5.41, 5.74) is 2.00. The first-order valence-electron chi connectivity index (χ1n) is 6.99. The van der Waals surface area contributed by atoms with Crippen LogP contribution in [0.1, 0.15) is 10.6 Å². The molecule has 0 saturated carbocycles. The van der Waals surface area contributed by atoms with Crippen LogP contribution in [0, 0.1) is 6.92 Å². The quantitative estimate of drug-likeness (QED) is 0.402. The third kappa shape index (κ3) is 2.88. The maximum absolute atomic E-state index is 11.9. The van der Waals surface area contributed by atoms with Crippen molar-refractivity contribution in [3.05, 3.63) is 46.1 Å². The molecule has 2 aromatic heterocycles. The molecule has 0 radical (unpaired) electrons. The number of hydrogen-bond acceptors (Lipinski definition) is 6. The molecular formula is C16H14ClN3O3S. The van der Waals surface area contributed by atoms with E-state index in [1.54, 1.807) is 16.6 Å². The molecule has 6 nitrogen and oxygen atoms in total. The zero-order valence-corrected chi connectivity index (χ0v) is 14.8. The lowest BCUT2D eigenvalue weighted by Crippen LogP contribution is -2.05. The second-order valence-corrected chi connectivity index (χ2v) is 6.33. The van der Waals surface area contributed by atoms with Crippen molar-refractivity contribution in [2.24, 2.45) is 0 Å². The molecule has 0 aliphatic rings. The number of nitrogens with zero attached hydrogens (tertiary/aromatic N) is 3. The van der Waals surface area contributed by atoms with Gasteiger partial charge in [-0.1, -0.05) is 22.9 Å². The number of methoxy groups -OCH3 is 2. The number of ether oxygens (including phenoxy) is 2.